The van der Waals surface area contributed by atoms with E-state index in [2.05, 4.69) is 10.3 Å². The molecule has 0 radical (unpaired) electrons. The van der Waals surface area contributed by atoms with Crippen LogP contribution in [-0.4, -0.2) is 24.0 Å². The second-order valence-electron chi connectivity index (χ2n) is 4.55. The SMILES string of the molecule is CCOc1ccc(C(=O)NCCc2cccnc2)cc1N. The van der Waals surface area contributed by atoms with Crippen molar-refractivity contribution in [3.63, 3.8) is 0 Å². The lowest BCUT2D eigenvalue weighted by Gasteiger charge is -2.09. The van der Waals surface area contributed by atoms with Crippen molar-refractivity contribution in [3.05, 3.63) is 53.9 Å². The van der Waals surface area contributed by atoms with Crippen LogP contribution in [0.5, 0.6) is 5.75 Å². The van der Waals surface area contributed by atoms with Gasteiger partial charge < -0.3 is 15.8 Å². The molecule has 2 rings (SSSR count). The Kier molecular flexibility index (Phi) is 5.15. The first-order valence-corrected chi connectivity index (χ1v) is 6.90. The second kappa shape index (κ2) is 7.28. The molecule has 2 aromatic rings. The largest absolute Gasteiger partial charge is 0.492 e. The number of ether oxygens (including phenoxy) is 1. The highest BCUT2D eigenvalue weighted by molar-refractivity contribution is 5.95. The molecule has 0 saturated heterocycles. The Balaban J connectivity index is 1.90. The number of nitrogens with zero attached hydrogens (tertiary/aromatic N) is 1. The molecule has 0 fully saturated rings. The average Bonchev–Trinajstić information content (AvgIpc) is 2.50. The Bertz CT molecular complexity index is 600. The minimum Gasteiger partial charge on any atom is -0.492 e. The van der Waals surface area contributed by atoms with Gasteiger partial charge in [-0.1, -0.05) is 6.07 Å². The van der Waals surface area contributed by atoms with Crippen LogP contribution >= 0.6 is 0 Å². The summed E-state index contributed by atoms with van der Waals surface area (Å²) in [5.41, 5.74) is 7.94. The van der Waals surface area contributed by atoms with Crippen molar-refractivity contribution >= 4 is 11.6 Å². The number of carbonyl (C=O) groups is 1. The lowest BCUT2D eigenvalue weighted by atomic mass is 10.1. The number of amides is 1. The summed E-state index contributed by atoms with van der Waals surface area (Å²) < 4.78 is 5.35. The molecular weight excluding hydrogens is 266 g/mol. The van der Waals surface area contributed by atoms with E-state index in [9.17, 15) is 4.79 Å². The number of benzene rings is 1. The van der Waals surface area contributed by atoms with E-state index in [1.54, 1.807) is 30.6 Å². The molecule has 1 amide bonds. The summed E-state index contributed by atoms with van der Waals surface area (Å²) in [6, 6.07) is 8.92. The summed E-state index contributed by atoms with van der Waals surface area (Å²) in [5.74, 6) is 0.457. The van der Waals surface area contributed by atoms with Gasteiger partial charge in [-0.15, -0.1) is 0 Å². The van der Waals surface area contributed by atoms with Crippen LogP contribution < -0.4 is 15.8 Å². The van der Waals surface area contributed by atoms with Crippen LogP contribution in [0.2, 0.25) is 0 Å². The molecule has 3 N–H and O–H groups in total. The van der Waals surface area contributed by atoms with Crippen LogP contribution in [0.25, 0.3) is 0 Å². The molecule has 0 bridgehead atoms. The Morgan fingerprint density at radius 1 is 1.38 bits per heavy atom. The van der Waals surface area contributed by atoms with Gasteiger partial charge >= 0.3 is 0 Å². The molecule has 0 aliphatic rings. The van der Waals surface area contributed by atoms with Crippen molar-refractivity contribution in [1.82, 2.24) is 10.3 Å². The number of nitrogens with one attached hydrogen (secondary N) is 1. The standard InChI is InChI=1S/C16H19N3O2/c1-2-21-15-6-5-13(10-14(15)17)16(20)19-9-7-12-4-3-8-18-11-12/h3-6,8,10-11H,2,7,9,17H2,1H3,(H,19,20). The maximum Gasteiger partial charge on any atom is 0.251 e. The number of pyridine rings is 1. The smallest absolute Gasteiger partial charge is 0.251 e. The minimum absolute atomic E-state index is 0.145. The summed E-state index contributed by atoms with van der Waals surface area (Å²) >= 11 is 0. The molecule has 5 nitrogen and oxygen atoms in total. The highest BCUT2D eigenvalue weighted by Gasteiger charge is 2.08. The summed E-state index contributed by atoms with van der Waals surface area (Å²) in [7, 11) is 0. The minimum atomic E-state index is -0.145. The van der Waals surface area contributed by atoms with Gasteiger partial charge in [-0.05, 0) is 43.2 Å². The third-order valence-corrected chi connectivity index (χ3v) is 2.99. The first kappa shape index (κ1) is 14.8. The molecule has 0 unspecified atom stereocenters. The monoisotopic (exact) mass is 285 g/mol. The third kappa shape index (κ3) is 4.21. The van der Waals surface area contributed by atoms with E-state index in [-0.39, 0.29) is 5.91 Å². The summed E-state index contributed by atoms with van der Waals surface area (Å²) in [6.45, 7) is 2.98. The molecule has 0 spiro atoms. The van der Waals surface area contributed by atoms with Crippen molar-refractivity contribution in [1.29, 1.82) is 0 Å². The zero-order valence-corrected chi connectivity index (χ0v) is 12.0. The van der Waals surface area contributed by atoms with Gasteiger partial charge in [0.1, 0.15) is 5.75 Å². The number of carbonyl (C=O) groups excluding carboxylic acids is 1. The van der Waals surface area contributed by atoms with Gasteiger partial charge in [-0.25, -0.2) is 0 Å². The van der Waals surface area contributed by atoms with E-state index < -0.39 is 0 Å². The van der Waals surface area contributed by atoms with Gasteiger partial charge in [-0.2, -0.15) is 0 Å². The topological polar surface area (TPSA) is 77.2 Å². The average molecular weight is 285 g/mol. The molecular formula is C16H19N3O2. The first-order chi connectivity index (χ1) is 10.2. The fourth-order valence-corrected chi connectivity index (χ4v) is 1.95. The zero-order chi connectivity index (χ0) is 15.1. The third-order valence-electron chi connectivity index (χ3n) is 2.99. The lowest BCUT2D eigenvalue weighted by molar-refractivity contribution is 0.0954. The molecule has 110 valence electrons. The van der Waals surface area contributed by atoms with Gasteiger partial charge in [0.25, 0.3) is 5.91 Å². The van der Waals surface area contributed by atoms with Crippen LogP contribution in [0.1, 0.15) is 22.8 Å². The van der Waals surface area contributed by atoms with Crippen molar-refractivity contribution in [2.24, 2.45) is 0 Å². The van der Waals surface area contributed by atoms with Crippen molar-refractivity contribution < 1.29 is 9.53 Å². The van der Waals surface area contributed by atoms with Crippen molar-refractivity contribution in [2.45, 2.75) is 13.3 Å². The Morgan fingerprint density at radius 3 is 2.90 bits per heavy atom. The summed E-state index contributed by atoms with van der Waals surface area (Å²) in [5, 5.41) is 2.86. The van der Waals surface area contributed by atoms with Gasteiger partial charge in [0.15, 0.2) is 0 Å². The van der Waals surface area contributed by atoms with E-state index in [4.69, 9.17) is 10.5 Å². The van der Waals surface area contributed by atoms with E-state index in [0.29, 0.717) is 30.2 Å². The van der Waals surface area contributed by atoms with Gasteiger partial charge in [0, 0.05) is 24.5 Å². The predicted octanol–water partition coefficient (Wildman–Crippen LogP) is 2.03. The number of rotatable bonds is 6. The zero-order valence-electron chi connectivity index (χ0n) is 12.0. The summed E-state index contributed by atoms with van der Waals surface area (Å²) in [4.78, 5) is 16.1. The van der Waals surface area contributed by atoms with E-state index in [0.717, 1.165) is 12.0 Å². The predicted molar refractivity (Wildman–Crippen MR) is 82.3 cm³/mol. The fraction of sp³-hybridized carbons (Fsp3) is 0.250. The number of nitrogens with two attached hydrogens (primary N) is 1. The van der Waals surface area contributed by atoms with Crippen molar-refractivity contribution in [2.75, 3.05) is 18.9 Å². The molecule has 0 atom stereocenters. The number of hydrogen-bond acceptors (Lipinski definition) is 4. The molecule has 0 aliphatic carbocycles. The molecule has 0 aliphatic heterocycles. The van der Waals surface area contributed by atoms with Crippen molar-refractivity contribution in [3.8, 4) is 5.75 Å². The second-order valence-corrected chi connectivity index (χ2v) is 4.55. The maximum atomic E-state index is 12.0. The Morgan fingerprint density at radius 2 is 2.24 bits per heavy atom. The summed E-state index contributed by atoms with van der Waals surface area (Å²) in [6.07, 6.45) is 4.26. The van der Waals surface area contributed by atoms with Crippen LogP contribution in [0.3, 0.4) is 0 Å². The maximum absolute atomic E-state index is 12.0. The number of anilines is 1. The van der Waals surface area contributed by atoms with Gasteiger partial charge in [0.2, 0.25) is 0 Å². The Labute approximate surface area is 124 Å². The lowest BCUT2D eigenvalue weighted by Crippen LogP contribution is -2.25. The molecule has 0 saturated carbocycles. The van der Waals surface area contributed by atoms with Crippen LogP contribution in [0, 0.1) is 0 Å². The number of hydrogen-bond donors (Lipinski definition) is 2. The molecule has 1 aromatic heterocycles. The highest BCUT2D eigenvalue weighted by atomic mass is 16.5. The fourth-order valence-electron chi connectivity index (χ4n) is 1.95. The van der Waals surface area contributed by atoms with E-state index in [1.165, 1.54) is 0 Å². The quantitative estimate of drug-likeness (QED) is 0.796. The normalized spacial score (nSPS) is 10.1. The first-order valence-electron chi connectivity index (χ1n) is 6.90. The molecule has 1 heterocycles. The van der Waals surface area contributed by atoms with Crippen LogP contribution in [0.4, 0.5) is 5.69 Å². The Hall–Kier alpha value is -2.56. The van der Waals surface area contributed by atoms with Gasteiger partial charge in [0.05, 0.1) is 12.3 Å². The highest BCUT2D eigenvalue weighted by Crippen LogP contribution is 2.22. The molecule has 21 heavy (non-hydrogen) atoms. The molecule has 1 aromatic carbocycles. The molecule has 5 heteroatoms. The van der Waals surface area contributed by atoms with Crippen LogP contribution in [0.15, 0.2) is 42.7 Å². The van der Waals surface area contributed by atoms with Crippen LogP contribution in [-0.2, 0) is 6.42 Å². The van der Waals surface area contributed by atoms with E-state index in [1.807, 2.05) is 19.1 Å². The van der Waals surface area contributed by atoms with Gasteiger partial charge in [-0.3, -0.25) is 9.78 Å². The van der Waals surface area contributed by atoms with E-state index >= 15 is 0 Å². The number of aromatic nitrogens is 1. The number of nitrogen functional groups attached to an aromatic ring is 1.